The average molecular weight is 633 g/mol. The third-order valence-electron chi connectivity index (χ3n) is 6.47. The molecule has 10 heteroatoms. The molecule has 7 nitrogen and oxygen atoms in total. The maximum absolute atomic E-state index is 13.3. The second kappa shape index (κ2) is 10.8. The third-order valence-corrected chi connectivity index (χ3v) is 7.80. The van der Waals surface area contributed by atoms with Crippen molar-refractivity contribution in [2.75, 3.05) is 7.11 Å². The number of nitrogens with one attached hydrogen (secondary N) is 1. The number of halogens is 3. The van der Waals surface area contributed by atoms with E-state index >= 15 is 0 Å². The summed E-state index contributed by atoms with van der Waals surface area (Å²) in [6, 6.07) is 16.5. The first-order valence-electron chi connectivity index (χ1n) is 12.0. The molecular weight excluding hydrogens is 609 g/mol. The van der Waals surface area contributed by atoms with Gasteiger partial charge in [-0.1, -0.05) is 47.5 Å². The molecule has 0 aliphatic carbocycles. The standard InChI is InChI=1S/C29H24BrCl2NO6/c1-29(2)38-27(34)25(28(35)39-29)24(18-13-33-22-7-5-4-6-17(18)22)16-11-19(30)26(23(12-16)36-3)37-14-15-8-9-20(31)21(32)10-15/h4-13,24-25,33H,14H2,1-3H3/t24-/m0/s1. The number of fused-ring (bicyclic) bond motifs is 1. The molecule has 39 heavy (non-hydrogen) atoms. The summed E-state index contributed by atoms with van der Waals surface area (Å²) in [5.74, 6) is -3.82. The highest BCUT2D eigenvalue weighted by Gasteiger charge is 2.49. The van der Waals surface area contributed by atoms with Crippen molar-refractivity contribution in [1.29, 1.82) is 0 Å². The van der Waals surface area contributed by atoms with Gasteiger partial charge in [0, 0.05) is 36.9 Å². The first-order valence-corrected chi connectivity index (χ1v) is 13.6. The van der Waals surface area contributed by atoms with E-state index in [0.29, 0.717) is 31.6 Å². The van der Waals surface area contributed by atoms with Crippen LogP contribution in [-0.2, 0) is 25.7 Å². The van der Waals surface area contributed by atoms with E-state index in [9.17, 15) is 9.59 Å². The number of carbonyl (C=O) groups is 2. The van der Waals surface area contributed by atoms with Crippen LogP contribution in [0.15, 0.2) is 65.3 Å². The number of para-hydroxylation sites is 1. The zero-order chi connectivity index (χ0) is 27.9. The number of ether oxygens (including phenoxy) is 4. The van der Waals surface area contributed by atoms with Crippen molar-refractivity contribution in [3.05, 3.63) is 92.0 Å². The number of H-pyrrole nitrogens is 1. The maximum atomic E-state index is 13.3. The summed E-state index contributed by atoms with van der Waals surface area (Å²) in [5.41, 5.74) is 3.05. The lowest BCUT2D eigenvalue weighted by atomic mass is 9.80. The Bertz CT molecular complexity index is 1560. The number of hydrogen-bond donors (Lipinski definition) is 1. The summed E-state index contributed by atoms with van der Waals surface area (Å²) in [6.45, 7) is 3.26. The van der Waals surface area contributed by atoms with Crippen LogP contribution in [0, 0.1) is 5.92 Å². The molecule has 0 bridgehead atoms. The Kier molecular flexibility index (Phi) is 7.55. The molecule has 0 radical (unpaired) electrons. The Hall–Kier alpha value is -3.20. The van der Waals surface area contributed by atoms with Crippen LogP contribution in [0.1, 0.15) is 36.5 Å². The molecule has 1 aliphatic rings. The van der Waals surface area contributed by atoms with Crippen LogP contribution in [0.25, 0.3) is 10.9 Å². The van der Waals surface area contributed by atoms with Crippen molar-refractivity contribution in [3.63, 3.8) is 0 Å². The van der Waals surface area contributed by atoms with Gasteiger partial charge in [-0.3, -0.25) is 9.59 Å². The maximum Gasteiger partial charge on any atom is 0.324 e. The summed E-state index contributed by atoms with van der Waals surface area (Å²) in [4.78, 5) is 29.8. The Morgan fingerprint density at radius 1 is 1.03 bits per heavy atom. The molecule has 1 saturated heterocycles. The molecule has 1 N–H and O–H groups in total. The van der Waals surface area contributed by atoms with E-state index in [4.69, 9.17) is 42.1 Å². The molecular formula is C29H24BrCl2NO6. The van der Waals surface area contributed by atoms with E-state index in [-0.39, 0.29) is 6.61 Å². The topological polar surface area (TPSA) is 86.9 Å². The first kappa shape index (κ1) is 27.4. The summed E-state index contributed by atoms with van der Waals surface area (Å²) < 4.78 is 23.4. The fourth-order valence-electron chi connectivity index (χ4n) is 4.75. The average Bonchev–Trinajstić information content (AvgIpc) is 3.30. The molecule has 1 aromatic heterocycles. The van der Waals surface area contributed by atoms with Crippen LogP contribution >= 0.6 is 39.1 Å². The number of hydrogen-bond acceptors (Lipinski definition) is 6. The van der Waals surface area contributed by atoms with E-state index in [2.05, 4.69) is 20.9 Å². The summed E-state index contributed by atoms with van der Waals surface area (Å²) >= 11 is 15.8. The van der Waals surface area contributed by atoms with Gasteiger partial charge in [0.15, 0.2) is 17.4 Å². The SMILES string of the molecule is COc1cc([C@@H](c2c[nH]c3ccccc23)C2C(=O)OC(C)(C)OC2=O)cc(Br)c1OCc1ccc(Cl)c(Cl)c1. The lowest BCUT2D eigenvalue weighted by Crippen LogP contribution is -2.48. The molecule has 0 saturated carbocycles. The van der Waals surface area contributed by atoms with Gasteiger partial charge < -0.3 is 23.9 Å². The van der Waals surface area contributed by atoms with Gasteiger partial charge >= 0.3 is 11.9 Å². The van der Waals surface area contributed by atoms with Crippen molar-refractivity contribution in [3.8, 4) is 11.5 Å². The normalized spacial score (nSPS) is 16.1. The quantitative estimate of drug-likeness (QED) is 0.169. The Morgan fingerprint density at radius 2 is 1.74 bits per heavy atom. The van der Waals surface area contributed by atoms with Gasteiger partial charge in [0.05, 0.1) is 21.6 Å². The minimum Gasteiger partial charge on any atom is -0.493 e. The largest absolute Gasteiger partial charge is 0.493 e. The van der Waals surface area contributed by atoms with Gasteiger partial charge in [-0.15, -0.1) is 0 Å². The first-order chi connectivity index (χ1) is 18.6. The van der Waals surface area contributed by atoms with Crippen molar-refractivity contribution in [2.45, 2.75) is 32.2 Å². The van der Waals surface area contributed by atoms with Gasteiger partial charge in [-0.2, -0.15) is 0 Å². The highest BCUT2D eigenvalue weighted by molar-refractivity contribution is 9.10. The molecule has 3 aromatic carbocycles. The summed E-state index contributed by atoms with van der Waals surface area (Å²) in [6.07, 6.45) is 1.80. The van der Waals surface area contributed by atoms with Crippen LogP contribution in [0.5, 0.6) is 11.5 Å². The Balaban J connectivity index is 1.58. The molecule has 0 amide bonds. The minimum atomic E-state index is -1.35. The van der Waals surface area contributed by atoms with E-state index in [1.165, 1.54) is 21.0 Å². The van der Waals surface area contributed by atoms with Gasteiger partial charge in [0.2, 0.25) is 0 Å². The number of methoxy groups -OCH3 is 1. The fraction of sp³-hybridized carbons (Fsp3) is 0.241. The summed E-state index contributed by atoms with van der Waals surface area (Å²) in [5, 5.41) is 1.74. The lowest BCUT2D eigenvalue weighted by Gasteiger charge is -2.36. The second-order valence-corrected chi connectivity index (χ2v) is 11.2. The van der Waals surface area contributed by atoms with Crippen LogP contribution in [0.4, 0.5) is 0 Å². The lowest BCUT2D eigenvalue weighted by molar-refractivity contribution is -0.240. The number of aromatic nitrogens is 1. The number of carbonyl (C=O) groups excluding carboxylic acids is 2. The van der Waals surface area contributed by atoms with Gasteiger partial charge in [0.1, 0.15) is 6.61 Å². The zero-order valence-corrected chi connectivity index (χ0v) is 24.3. The monoisotopic (exact) mass is 631 g/mol. The number of rotatable bonds is 7. The fourth-order valence-corrected chi connectivity index (χ4v) is 5.64. The number of aromatic amines is 1. The van der Waals surface area contributed by atoms with Crippen molar-refractivity contribution in [1.82, 2.24) is 4.98 Å². The third kappa shape index (κ3) is 5.46. The van der Waals surface area contributed by atoms with Crippen LogP contribution in [0.3, 0.4) is 0 Å². The molecule has 0 spiro atoms. The van der Waals surface area contributed by atoms with Gasteiger partial charge in [-0.25, -0.2) is 0 Å². The molecule has 2 heterocycles. The van der Waals surface area contributed by atoms with Crippen molar-refractivity contribution < 1.29 is 28.5 Å². The molecule has 1 aliphatic heterocycles. The highest BCUT2D eigenvalue weighted by Crippen LogP contribution is 2.45. The predicted molar refractivity (Wildman–Crippen MR) is 151 cm³/mol. The Labute approximate surface area is 243 Å². The van der Waals surface area contributed by atoms with Crippen molar-refractivity contribution >= 4 is 62.0 Å². The van der Waals surface area contributed by atoms with Crippen molar-refractivity contribution in [2.24, 2.45) is 5.92 Å². The minimum absolute atomic E-state index is 0.202. The predicted octanol–water partition coefficient (Wildman–Crippen LogP) is 7.41. The number of benzene rings is 3. The zero-order valence-electron chi connectivity index (χ0n) is 21.2. The Morgan fingerprint density at radius 3 is 2.44 bits per heavy atom. The van der Waals surface area contributed by atoms with Gasteiger partial charge in [-0.05, 0) is 63.0 Å². The molecule has 4 aromatic rings. The molecule has 0 unspecified atom stereocenters. The molecule has 202 valence electrons. The van der Waals surface area contributed by atoms with Crippen LogP contribution < -0.4 is 9.47 Å². The van der Waals surface area contributed by atoms with E-state index in [1.54, 1.807) is 30.5 Å². The molecule has 5 rings (SSSR count). The second-order valence-electron chi connectivity index (χ2n) is 9.56. The van der Waals surface area contributed by atoms with E-state index < -0.39 is 29.6 Å². The van der Waals surface area contributed by atoms with Crippen LogP contribution in [-0.4, -0.2) is 29.8 Å². The summed E-state index contributed by atoms with van der Waals surface area (Å²) in [7, 11) is 1.52. The molecule has 1 fully saturated rings. The van der Waals surface area contributed by atoms with E-state index in [1.807, 2.05) is 30.3 Å². The smallest absolute Gasteiger partial charge is 0.324 e. The molecule has 1 atom stereocenters. The van der Waals surface area contributed by atoms with Crippen LogP contribution in [0.2, 0.25) is 10.0 Å². The number of cyclic esters (lactones) is 2. The number of esters is 2. The van der Waals surface area contributed by atoms with Gasteiger partial charge in [0.25, 0.3) is 5.79 Å². The highest BCUT2D eigenvalue weighted by atomic mass is 79.9. The van der Waals surface area contributed by atoms with E-state index in [0.717, 1.165) is 22.0 Å².